The Hall–Kier alpha value is -2.11. The van der Waals surface area contributed by atoms with Gasteiger partial charge in [0.05, 0.1) is 27.4 Å². The predicted molar refractivity (Wildman–Crippen MR) is 79.6 cm³/mol. The van der Waals surface area contributed by atoms with Crippen molar-refractivity contribution in [2.75, 3.05) is 5.73 Å². The topological polar surface area (TPSA) is 64.9 Å². The average Bonchev–Trinajstić information content (AvgIpc) is 2.84. The van der Waals surface area contributed by atoms with Crippen LogP contribution in [-0.4, -0.2) is 10.1 Å². The quantitative estimate of drug-likeness (QED) is 0.757. The highest BCUT2D eigenvalue weighted by atomic mass is 35.5. The van der Waals surface area contributed by atoms with Crippen molar-refractivity contribution in [3.63, 3.8) is 0 Å². The molecule has 0 aliphatic rings. The number of aromatic nitrogens is 2. The second-order valence-electron chi connectivity index (χ2n) is 4.26. The maximum absolute atomic E-state index is 13.9. The first kappa shape index (κ1) is 13.9. The van der Waals surface area contributed by atoms with Gasteiger partial charge in [-0.05, 0) is 23.8 Å². The lowest BCUT2D eigenvalue weighted by molar-refractivity contribution is 0.433. The normalized spacial score (nSPS) is 10.8. The van der Waals surface area contributed by atoms with Crippen molar-refractivity contribution in [3.05, 3.63) is 52.5 Å². The van der Waals surface area contributed by atoms with Crippen molar-refractivity contribution < 1.29 is 8.91 Å². The van der Waals surface area contributed by atoms with Gasteiger partial charge < -0.3 is 10.3 Å². The Kier molecular flexibility index (Phi) is 3.53. The molecule has 4 nitrogen and oxygen atoms in total. The molecule has 3 aromatic rings. The molecular weight excluding hydrogens is 316 g/mol. The Morgan fingerprint density at radius 3 is 2.67 bits per heavy atom. The summed E-state index contributed by atoms with van der Waals surface area (Å²) in [6.07, 6.45) is 2.54. The van der Waals surface area contributed by atoms with E-state index in [1.165, 1.54) is 12.3 Å². The largest absolute Gasteiger partial charge is 0.380 e. The van der Waals surface area contributed by atoms with Gasteiger partial charge in [0.15, 0.2) is 17.4 Å². The van der Waals surface area contributed by atoms with Gasteiger partial charge in [0.2, 0.25) is 0 Å². The predicted octanol–water partition coefficient (Wildman–Crippen LogP) is 4.43. The van der Waals surface area contributed by atoms with Crippen LogP contribution in [0.25, 0.3) is 22.5 Å². The summed E-state index contributed by atoms with van der Waals surface area (Å²) < 4.78 is 19.1. The number of rotatable bonds is 2. The highest BCUT2D eigenvalue weighted by molar-refractivity contribution is 6.42. The summed E-state index contributed by atoms with van der Waals surface area (Å²) in [6.45, 7) is 0. The summed E-state index contributed by atoms with van der Waals surface area (Å²) in [5.74, 6) is -0.180. The molecule has 0 atom stereocenters. The van der Waals surface area contributed by atoms with E-state index in [0.29, 0.717) is 21.2 Å². The third-order valence-corrected chi connectivity index (χ3v) is 3.68. The van der Waals surface area contributed by atoms with Crippen LogP contribution in [0.5, 0.6) is 0 Å². The van der Waals surface area contributed by atoms with Crippen LogP contribution >= 0.6 is 23.2 Å². The molecule has 0 saturated carbocycles. The first-order chi connectivity index (χ1) is 10.1. The molecule has 0 saturated heterocycles. The maximum Gasteiger partial charge on any atom is 0.179 e. The van der Waals surface area contributed by atoms with Crippen molar-refractivity contribution in [2.45, 2.75) is 0 Å². The Morgan fingerprint density at radius 2 is 1.95 bits per heavy atom. The van der Waals surface area contributed by atoms with Crippen LogP contribution in [0, 0.1) is 5.82 Å². The highest BCUT2D eigenvalue weighted by Crippen LogP contribution is 2.39. The smallest absolute Gasteiger partial charge is 0.179 e. The Labute approximate surface area is 129 Å². The van der Waals surface area contributed by atoms with E-state index < -0.39 is 5.82 Å². The molecule has 21 heavy (non-hydrogen) atoms. The number of hydrogen-bond donors (Lipinski definition) is 1. The summed E-state index contributed by atoms with van der Waals surface area (Å²) >= 11 is 11.9. The maximum atomic E-state index is 13.9. The lowest BCUT2D eigenvalue weighted by atomic mass is 10.0. The molecule has 2 heterocycles. The number of anilines is 1. The van der Waals surface area contributed by atoms with Crippen LogP contribution in [-0.2, 0) is 0 Å². The summed E-state index contributed by atoms with van der Waals surface area (Å²) in [6, 6.07) is 6.43. The molecule has 1 aromatic carbocycles. The Balaban J connectivity index is 2.22. The van der Waals surface area contributed by atoms with Gasteiger partial charge in [-0.3, -0.25) is 4.98 Å². The lowest BCUT2D eigenvalue weighted by Gasteiger charge is -2.05. The molecule has 0 amide bonds. The number of pyridine rings is 1. The molecule has 0 unspecified atom stereocenters. The van der Waals surface area contributed by atoms with Crippen molar-refractivity contribution in [1.29, 1.82) is 0 Å². The fraction of sp³-hybridized carbons (Fsp3) is 0. The van der Waals surface area contributed by atoms with Gasteiger partial charge in [-0.1, -0.05) is 34.4 Å². The van der Waals surface area contributed by atoms with Crippen LogP contribution in [0.3, 0.4) is 0 Å². The van der Waals surface area contributed by atoms with Gasteiger partial charge in [-0.25, -0.2) is 4.39 Å². The van der Waals surface area contributed by atoms with E-state index in [1.54, 1.807) is 18.2 Å². The minimum atomic E-state index is -0.532. The van der Waals surface area contributed by atoms with Crippen LogP contribution < -0.4 is 5.73 Å². The molecule has 2 N–H and O–H groups in total. The first-order valence-electron chi connectivity index (χ1n) is 5.88. The molecule has 0 bridgehead atoms. The zero-order valence-electron chi connectivity index (χ0n) is 10.5. The van der Waals surface area contributed by atoms with Gasteiger partial charge >= 0.3 is 0 Å². The molecule has 7 heteroatoms. The van der Waals surface area contributed by atoms with Crippen LogP contribution in [0.1, 0.15) is 0 Å². The molecule has 0 aliphatic heterocycles. The Morgan fingerprint density at radius 1 is 1.14 bits per heavy atom. The summed E-state index contributed by atoms with van der Waals surface area (Å²) in [5.41, 5.74) is 7.14. The number of hydrogen-bond acceptors (Lipinski definition) is 4. The zero-order valence-corrected chi connectivity index (χ0v) is 12.0. The monoisotopic (exact) mass is 323 g/mol. The van der Waals surface area contributed by atoms with E-state index in [2.05, 4.69) is 10.1 Å². The van der Waals surface area contributed by atoms with E-state index in [1.807, 2.05) is 0 Å². The molecule has 0 aliphatic carbocycles. The summed E-state index contributed by atoms with van der Waals surface area (Å²) in [7, 11) is 0. The number of nitrogens with two attached hydrogens (primary N) is 1. The third kappa shape index (κ3) is 2.46. The molecule has 0 fully saturated rings. The van der Waals surface area contributed by atoms with E-state index >= 15 is 0 Å². The summed E-state index contributed by atoms with van der Waals surface area (Å²) in [5, 5.41) is 4.47. The molecule has 0 spiro atoms. The van der Waals surface area contributed by atoms with Gasteiger partial charge in [-0.2, -0.15) is 0 Å². The standard InChI is InChI=1S/C14H8Cl2FN3O/c15-9-2-1-7(5-10(9)16)12-13(21-20-14(12)18)8-3-4-19-6-11(8)17/h1-6H,(H2,18,20). The van der Waals surface area contributed by atoms with Crippen molar-refractivity contribution >= 4 is 29.0 Å². The SMILES string of the molecule is Nc1noc(-c2ccncc2F)c1-c1ccc(Cl)c(Cl)c1. The van der Waals surface area contributed by atoms with E-state index in [4.69, 9.17) is 33.5 Å². The second kappa shape index (κ2) is 5.35. The highest BCUT2D eigenvalue weighted by Gasteiger charge is 2.20. The first-order valence-corrected chi connectivity index (χ1v) is 6.64. The second-order valence-corrected chi connectivity index (χ2v) is 5.07. The van der Waals surface area contributed by atoms with E-state index in [9.17, 15) is 4.39 Å². The third-order valence-electron chi connectivity index (χ3n) is 2.94. The number of nitrogens with zero attached hydrogens (tertiary/aromatic N) is 2. The number of nitrogen functional groups attached to an aromatic ring is 1. The molecule has 2 aromatic heterocycles. The number of halogens is 3. The Bertz CT molecular complexity index is 820. The number of benzene rings is 1. The van der Waals surface area contributed by atoms with E-state index in [0.717, 1.165) is 6.20 Å². The van der Waals surface area contributed by atoms with E-state index in [-0.39, 0.29) is 17.1 Å². The minimum absolute atomic E-state index is 0.139. The van der Waals surface area contributed by atoms with Crippen LogP contribution in [0.4, 0.5) is 10.2 Å². The average molecular weight is 324 g/mol. The van der Waals surface area contributed by atoms with Gasteiger partial charge in [-0.15, -0.1) is 0 Å². The zero-order chi connectivity index (χ0) is 15.0. The van der Waals surface area contributed by atoms with Crippen molar-refractivity contribution in [3.8, 4) is 22.5 Å². The van der Waals surface area contributed by atoms with Crippen LogP contribution in [0.15, 0.2) is 41.2 Å². The van der Waals surface area contributed by atoms with Gasteiger partial charge in [0.25, 0.3) is 0 Å². The van der Waals surface area contributed by atoms with Crippen molar-refractivity contribution in [1.82, 2.24) is 10.1 Å². The van der Waals surface area contributed by atoms with Gasteiger partial charge in [0.1, 0.15) is 0 Å². The molecule has 3 rings (SSSR count). The lowest BCUT2D eigenvalue weighted by Crippen LogP contribution is -1.90. The fourth-order valence-electron chi connectivity index (χ4n) is 1.98. The molecular formula is C14H8Cl2FN3O. The molecule has 106 valence electrons. The van der Waals surface area contributed by atoms with Crippen molar-refractivity contribution in [2.24, 2.45) is 0 Å². The molecule has 0 radical (unpaired) electrons. The van der Waals surface area contributed by atoms with Gasteiger partial charge in [0, 0.05) is 6.20 Å². The minimum Gasteiger partial charge on any atom is -0.380 e. The van der Waals surface area contributed by atoms with Crippen LogP contribution in [0.2, 0.25) is 10.0 Å². The fourth-order valence-corrected chi connectivity index (χ4v) is 2.27. The summed E-state index contributed by atoms with van der Waals surface area (Å²) in [4.78, 5) is 3.70.